The normalized spacial score (nSPS) is 13.9. The summed E-state index contributed by atoms with van der Waals surface area (Å²) in [6.45, 7) is 4.80. The van der Waals surface area contributed by atoms with Crippen LogP contribution in [0.2, 0.25) is 0 Å². The molecule has 0 saturated carbocycles. The van der Waals surface area contributed by atoms with Crippen LogP contribution in [0.1, 0.15) is 23.6 Å². The molecule has 2 heterocycles. The van der Waals surface area contributed by atoms with Gasteiger partial charge < -0.3 is 20.5 Å². The highest BCUT2D eigenvalue weighted by molar-refractivity contribution is 5.85. The Bertz CT molecular complexity index is 1090. The zero-order valence-corrected chi connectivity index (χ0v) is 17.7. The maximum absolute atomic E-state index is 13.6. The summed E-state index contributed by atoms with van der Waals surface area (Å²) in [5, 5.41) is 7.35. The first kappa shape index (κ1) is 20.9. The number of aromatic nitrogens is 1. The number of rotatable bonds is 6. The van der Waals surface area contributed by atoms with Gasteiger partial charge in [0.2, 0.25) is 5.91 Å². The summed E-state index contributed by atoms with van der Waals surface area (Å²) >= 11 is 0. The molecular formula is C24H28FN5O. The van der Waals surface area contributed by atoms with E-state index in [-0.39, 0.29) is 18.3 Å². The van der Waals surface area contributed by atoms with E-state index >= 15 is 0 Å². The van der Waals surface area contributed by atoms with E-state index in [1.807, 2.05) is 30.2 Å². The van der Waals surface area contributed by atoms with Crippen LogP contribution >= 0.6 is 0 Å². The largest absolute Gasteiger partial charge is 0.361 e. The van der Waals surface area contributed by atoms with Crippen LogP contribution in [0.15, 0.2) is 53.7 Å². The summed E-state index contributed by atoms with van der Waals surface area (Å²) in [6.07, 6.45) is 3.51. The molecule has 1 aromatic heterocycles. The standard InChI is InChI=1S/C24H28FN5O/c1-2-26-24(27-11-9-18-14-28-22-8-7-20(25)13-21(18)22)29-15-23(31)30-12-10-17-5-3-4-6-19(17)16-30/h3-8,13-14,28H,2,9-12,15-16H2,1H3,(H2,26,27,29). The van der Waals surface area contributed by atoms with Gasteiger partial charge in [0, 0.05) is 43.3 Å². The number of nitrogens with one attached hydrogen (secondary N) is 3. The van der Waals surface area contributed by atoms with E-state index in [2.05, 4.69) is 32.7 Å². The molecule has 0 spiro atoms. The lowest BCUT2D eigenvalue weighted by atomic mass is 10.00. The molecule has 0 bridgehead atoms. The Hall–Kier alpha value is -3.35. The summed E-state index contributed by atoms with van der Waals surface area (Å²) in [6, 6.07) is 13.0. The van der Waals surface area contributed by atoms with Gasteiger partial charge in [0.05, 0.1) is 0 Å². The molecule has 2 aromatic carbocycles. The molecule has 0 aliphatic carbocycles. The first-order valence-electron chi connectivity index (χ1n) is 10.8. The third-order valence-corrected chi connectivity index (χ3v) is 5.62. The highest BCUT2D eigenvalue weighted by atomic mass is 19.1. The molecule has 162 valence electrons. The van der Waals surface area contributed by atoms with Crippen molar-refractivity contribution >= 4 is 22.8 Å². The minimum Gasteiger partial charge on any atom is -0.361 e. The number of H-pyrrole nitrogens is 1. The quantitative estimate of drug-likeness (QED) is 0.423. The van der Waals surface area contributed by atoms with Gasteiger partial charge in [-0.25, -0.2) is 9.38 Å². The summed E-state index contributed by atoms with van der Waals surface area (Å²) in [4.78, 5) is 22.2. The Labute approximate surface area is 181 Å². The maximum atomic E-state index is 13.6. The summed E-state index contributed by atoms with van der Waals surface area (Å²) in [5.41, 5.74) is 4.50. The van der Waals surface area contributed by atoms with E-state index in [1.165, 1.54) is 17.2 Å². The van der Waals surface area contributed by atoms with Gasteiger partial charge >= 0.3 is 0 Å². The Morgan fingerprint density at radius 3 is 2.87 bits per heavy atom. The van der Waals surface area contributed by atoms with Gasteiger partial charge in [0.1, 0.15) is 12.4 Å². The molecule has 3 aromatic rings. The van der Waals surface area contributed by atoms with E-state index < -0.39 is 0 Å². The molecule has 3 N–H and O–H groups in total. The van der Waals surface area contributed by atoms with E-state index in [1.54, 1.807) is 12.1 Å². The zero-order valence-electron chi connectivity index (χ0n) is 17.7. The molecule has 7 heteroatoms. The first-order valence-corrected chi connectivity index (χ1v) is 10.8. The third-order valence-electron chi connectivity index (χ3n) is 5.62. The number of carbonyl (C=O) groups is 1. The molecule has 1 amide bonds. The molecule has 0 saturated heterocycles. The molecule has 1 aliphatic heterocycles. The molecule has 0 atom stereocenters. The zero-order chi connectivity index (χ0) is 21.6. The van der Waals surface area contributed by atoms with Crippen LogP contribution < -0.4 is 10.6 Å². The van der Waals surface area contributed by atoms with Crippen molar-refractivity contribution in [3.05, 3.63) is 71.2 Å². The van der Waals surface area contributed by atoms with Crippen molar-refractivity contribution in [1.29, 1.82) is 0 Å². The lowest BCUT2D eigenvalue weighted by Gasteiger charge is -2.28. The number of nitrogens with zero attached hydrogens (tertiary/aromatic N) is 2. The van der Waals surface area contributed by atoms with Gasteiger partial charge in [-0.1, -0.05) is 24.3 Å². The topological polar surface area (TPSA) is 72.5 Å². The maximum Gasteiger partial charge on any atom is 0.244 e. The fraction of sp³-hybridized carbons (Fsp3) is 0.333. The molecule has 6 nitrogen and oxygen atoms in total. The number of benzene rings is 2. The van der Waals surface area contributed by atoms with Crippen molar-refractivity contribution in [3.63, 3.8) is 0 Å². The number of amides is 1. The van der Waals surface area contributed by atoms with E-state index in [0.717, 1.165) is 29.4 Å². The highest BCUT2D eigenvalue weighted by Gasteiger charge is 2.20. The smallest absolute Gasteiger partial charge is 0.244 e. The molecule has 31 heavy (non-hydrogen) atoms. The Balaban J connectivity index is 1.32. The molecule has 1 aliphatic rings. The van der Waals surface area contributed by atoms with Gasteiger partial charge in [-0.05, 0) is 54.7 Å². The predicted molar refractivity (Wildman–Crippen MR) is 122 cm³/mol. The van der Waals surface area contributed by atoms with Gasteiger partial charge in [-0.3, -0.25) is 4.79 Å². The number of carbonyl (C=O) groups excluding carboxylic acids is 1. The third kappa shape index (κ3) is 5.05. The SMILES string of the molecule is CCNC(=NCC(=O)N1CCc2ccccc2C1)NCCc1c[nH]c2ccc(F)cc12. The van der Waals surface area contributed by atoms with Crippen LogP contribution in [0, 0.1) is 5.82 Å². The van der Waals surface area contributed by atoms with Gasteiger partial charge in [-0.2, -0.15) is 0 Å². The van der Waals surface area contributed by atoms with Gasteiger partial charge in [-0.15, -0.1) is 0 Å². The molecule has 0 radical (unpaired) electrons. The molecule has 0 unspecified atom stereocenters. The van der Waals surface area contributed by atoms with E-state index in [0.29, 0.717) is 32.0 Å². The summed E-state index contributed by atoms with van der Waals surface area (Å²) in [7, 11) is 0. The van der Waals surface area contributed by atoms with Crippen LogP contribution in [-0.2, 0) is 24.2 Å². The second kappa shape index (κ2) is 9.64. The second-order valence-electron chi connectivity index (χ2n) is 7.71. The van der Waals surface area contributed by atoms with Crippen molar-refractivity contribution in [3.8, 4) is 0 Å². The Morgan fingerprint density at radius 2 is 2.03 bits per heavy atom. The van der Waals surface area contributed by atoms with Crippen LogP contribution in [0.3, 0.4) is 0 Å². The number of fused-ring (bicyclic) bond motifs is 2. The van der Waals surface area contributed by atoms with Crippen molar-refractivity contribution in [2.24, 2.45) is 4.99 Å². The van der Waals surface area contributed by atoms with Crippen molar-refractivity contribution < 1.29 is 9.18 Å². The Morgan fingerprint density at radius 1 is 1.19 bits per heavy atom. The van der Waals surface area contributed by atoms with E-state index in [9.17, 15) is 9.18 Å². The first-order chi connectivity index (χ1) is 15.1. The molecule has 0 fully saturated rings. The van der Waals surface area contributed by atoms with Crippen molar-refractivity contribution in [2.45, 2.75) is 26.3 Å². The lowest BCUT2D eigenvalue weighted by molar-refractivity contribution is -0.130. The summed E-state index contributed by atoms with van der Waals surface area (Å²) in [5.74, 6) is 0.396. The number of aliphatic imine (C=N–C) groups is 1. The van der Waals surface area contributed by atoms with Gasteiger partial charge in [0.25, 0.3) is 0 Å². The van der Waals surface area contributed by atoms with Crippen LogP contribution in [-0.4, -0.2) is 47.9 Å². The summed E-state index contributed by atoms with van der Waals surface area (Å²) < 4.78 is 13.6. The molecule has 4 rings (SSSR count). The average molecular weight is 422 g/mol. The molecular weight excluding hydrogens is 393 g/mol. The fourth-order valence-corrected chi connectivity index (χ4v) is 3.97. The minimum atomic E-state index is -0.241. The van der Waals surface area contributed by atoms with Crippen molar-refractivity contribution in [1.82, 2.24) is 20.5 Å². The van der Waals surface area contributed by atoms with Crippen LogP contribution in [0.5, 0.6) is 0 Å². The number of aromatic amines is 1. The average Bonchev–Trinajstić information content (AvgIpc) is 3.19. The van der Waals surface area contributed by atoms with Gasteiger partial charge in [0.15, 0.2) is 5.96 Å². The lowest BCUT2D eigenvalue weighted by Crippen LogP contribution is -2.41. The number of halogens is 1. The number of hydrogen-bond acceptors (Lipinski definition) is 2. The van der Waals surface area contributed by atoms with Crippen LogP contribution in [0.25, 0.3) is 10.9 Å². The minimum absolute atomic E-state index is 0.0267. The highest BCUT2D eigenvalue weighted by Crippen LogP contribution is 2.20. The second-order valence-corrected chi connectivity index (χ2v) is 7.71. The number of hydrogen-bond donors (Lipinski definition) is 3. The van der Waals surface area contributed by atoms with E-state index in [4.69, 9.17) is 0 Å². The van der Waals surface area contributed by atoms with Crippen LogP contribution in [0.4, 0.5) is 4.39 Å². The number of guanidine groups is 1. The fourth-order valence-electron chi connectivity index (χ4n) is 3.97. The predicted octanol–water partition coefficient (Wildman–Crippen LogP) is 2.99. The Kier molecular flexibility index (Phi) is 6.50. The monoisotopic (exact) mass is 421 g/mol. The van der Waals surface area contributed by atoms with Crippen molar-refractivity contribution in [2.75, 3.05) is 26.2 Å².